The number of carbonyl (C=O) groups is 1. The van der Waals surface area contributed by atoms with Gasteiger partial charge in [0.05, 0.1) is 0 Å². The van der Waals surface area contributed by atoms with Crippen LogP contribution in [0, 0.1) is 41.7 Å². The monoisotopic (exact) mass is 215 g/mol. The summed E-state index contributed by atoms with van der Waals surface area (Å²) in [5.74, 6) is 3.85. The molecule has 4 heteroatoms. The largest absolute Gasteiger partial charge is 0.374 e. The topological polar surface area (TPSA) is 52.3 Å². The minimum Gasteiger partial charge on any atom is -0.374 e. The SMILES string of the molecule is CC(=O)ON.[Ce]. The number of hydrogen-bond acceptors (Lipinski definition) is 3. The maximum absolute atomic E-state index is 9.47. The van der Waals surface area contributed by atoms with Crippen molar-refractivity contribution in [1.82, 2.24) is 0 Å². The molecule has 0 aromatic heterocycles. The first kappa shape index (κ1) is 9.93. The fraction of sp³-hybridized carbons (Fsp3) is 0.500. The molecule has 0 heterocycles. The number of rotatable bonds is 0. The van der Waals surface area contributed by atoms with Gasteiger partial charge in [-0.05, 0) is 0 Å². The Bertz CT molecular complexity index is 46.8. The minimum absolute atomic E-state index is 0. The van der Waals surface area contributed by atoms with Gasteiger partial charge in [-0.15, -0.1) is 0 Å². The van der Waals surface area contributed by atoms with Crippen LogP contribution in [0.4, 0.5) is 0 Å². The van der Waals surface area contributed by atoms with Gasteiger partial charge in [0.15, 0.2) is 0 Å². The van der Waals surface area contributed by atoms with Gasteiger partial charge in [0.25, 0.3) is 0 Å². The minimum atomic E-state index is -0.468. The summed E-state index contributed by atoms with van der Waals surface area (Å²) >= 11 is 0. The zero-order chi connectivity index (χ0) is 4.28. The van der Waals surface area contributed by atoms with E-state index in [1.54, 1.807) is 0 Å². The quantitative estimate of drug-likeness (QED) is 0.550. The summed E-state index contributed by atoms with van der Waals surface area (Å²) in [5.41, 5.74) is 0. The second-order valence-electron chi connectivity index (χ2n) is 0.609. The Labute approximate surface area is 69.6 Å². The van der Waals surface area contributed by atoms with Gasteiger partial charge in [-0.25, -0.2) is 0 Å². The fourth-order valence-corrected chi connectivity index (χ4v) is 0. The molecule has 0 aromatic carbocycles. The van der Waals surface area contributed by atoms with Crippen molar-refractivity contribution in [3.63, 3.8) is 0 Å². The standard InChI is InChI=1S/C2H5NO2.Ce/c1-2(4)5-3;/h3H2,1H3;. The number of nitrogens with two attached hydrogens (primary N) is 1. The average Bonchev–Trinajstić information content (AvgIpc) is 1.38. The zero-order valence-corrected chi connectivity index (χ0v) is 6.53. The summed E-state index contributed by atoms with van der Waals surface area (Å²) in [7, 11) is 0. The molecule has 0 bridgehead atoms. The van der Waals surface area contributed by atoms with Crippen LogP contribution in [-0.2, 0) is 9.63 Å². The number of hydrogen-bond donors (Lipinski definition) is 1. The molecule has 0 saturated carbocycles. The third-order valence-corrected chi connectivity index (χ3v) is 0.166. The van der Waals surface area contributed by atoms with Crippen LogP contribution in [0.2, 0.25) is 0 Å². The van der Waals surface area contributed by atoms with Gasteiger partial charge in [-0.3, -0.25) is 4.79 Å². The van der Waals surface area contributed by atoms with Crippen molar-refractivity contribution in [2.24, 2.45) is 5.90 Å². The van der Waals surface area contributed by atoms with E-state index in [0.29, 0.717) is 0 Å². The van der Waals surface area contributed by atoms with E-state index in [1.165, 1.54) is 6.92 Å². The van der Waals surface area contributed by atoms with E-state index in [1.807, 2.05) is 0 Å². The Hall–Kier alpha value is 0.807. The van der Waals surface area contributed by atoms with Crippen LogP contribution in [0.5, 0.6) is 0 Å². The Balaban J connectivity index is 0. The van der Waals surface area contributed by atoms with Crippen molar-refractivity contribution in [3.05, 3.63) is 0 Å². The molecule has 0 atom stereocenters. The van der Waals surface area contributed by atoms with Crippen molar-refractivity contribution in [3.8, 4) is 0 Å². The molecule has 0 radical (unpaired) electrons. The molecule has 34 valence electrons. The zero-order valence-electron chi connectivity index (χ0n) is 3.39. The van der Waals surface area contributed by atoms with Crippen LogP contribution in [0.25, 0.3) is 0 Å². The van der Waals surface area contributed by atoms with Gasteiger partial charge < -0.3 is 4.84 Å². The smallest absolute Gasteiger partial charge is 0.321 e. The van der Waals surface area contributed by atoms with E-state index >= 15 is 0 Å². The second kappa shape index (κ2) is 5.81. The van der Waals surface area contributed by atoms with E-state index in [0.717, 1.165) is 0 Å². The Morgan fingerprint density at radius 3 is 2.00 bits per heavy atom. The van der Waals surface area contributed by atoms with Gasteiger partial charge in [-0.1, -0.05) is 0 Å². The first-order valence-corrected chi connectivity index (χ1v) is 1.14. The molecule has 0 fully saturated rings. The van der Waals surface area contributed by atoms with Gasteiger partial charge in [0.1, 0.15) is 0 Å². The molecular weight excluding hydrogens is 210 g/mol. The summed E-state index contributed by atoms with van der Waals surface area (Å²) in [5, 5.41) is 0. The van der Waals surface area contributed by atoms with Crippen molar-refractivity contribution < 1.29 is 51.4 Å². The maximum atomic E-state index is 9.47. The molecule has 0 aliphatic carbocycles. The van der Waals surface area contributed by atoms with Crippen molar-refractivity contribution >= 4 is 5.97 Å². The third-order valence-electron chi connectivity index (χ3n) is 0.166. The Morgan fingerprint density at radius 2 is 2.00 bits per heavy atom. The third kappa shape index (κ3) is 8.84. The predicted octanol–water partition coefficient (Wildman–Crippen LogP) is -0.577. The molecule has 0 aliphatic rings. The Kier molecular flexibility index (Phi) is 9.61. The summed E-state index contributed by atoms with van der Waals surface area (Å²) in [6.45, 7) is 1.24. The molecule has 0 amide bonds. The molecule has 0 aromatic rings. The number of carbonyl (C=O) groups excluding carboxylic acids is 1. The normalized spacial score (nSPS) is 5.67. The van der Waals surface area contributed by atoms with Gasteiger partial charge in [-0.2, -0.15) is 5.90 Å². The first-order valence-electron chi connectivity index (χ1n) is 1.14. The molecule has 0 aliphatic heterocycles. The molecule has 6 heavy (non-hydrogen) atoms. The molecular formula is C2H5CeNO2. The van der Waals surface area contributed by atoms with Gasteiger partial charge in [0.2, 0.25) is 0 Å². The summed E-state index contributed by atoms with van der Waals surface area (Å²) < 4.78 is 0. The summed E-state index contributed by atoms with van der Waals surface area (Å²) in [6.07, 6.45) is 0. The fourth-order valence-electron chi connectivity index (χ4n) is 0. The van der Waals surface area contributed by atoms with Crippen LogP contribution in [0.1, 0.15) is 6.92 Å². The van der Waals surface area contributed by atoms with Crippen LogP contribution in [0.15, 0.2) is 0 Å². The van der Waals surface area contributed by atoms with Gasteiger partial charge >= 0.3 is 5.97 Å². The predicted molar refractivity (Wildman–Crippen MR) is 16.0 cm³/mol. The van der Waals surface area contributed by atoms with E-state index in [4.69, 9.17) is 0 Å². The van der Waals surface area contributed by atoms with Crippen LogP contribution in [-0.4, -0.2) is 5.97 Å². The first-order chi connectivity index (χ1) is 2.27. The van der Waals surface area contributed by atoms with Crippen LogP contribution in [0.3, 0.4) is 0 Å². The van der Waals surface area contributed by atoms with Gasteiger partial charge in [0, 0.05) is 48.7 Å². The van der Waals surface area contributed by atoms with E-state index in [-0.39, 0.29) is 41.7 Å². The van der Waals surface area contributed by atoms with Crippen molar-refractivity contribution in [1.29, 1.82) is 0 Å². The molecule has 2 N–H and O–H groups in total. The van der Waals surface area contributed by atoms with Crippen LogP contribution >= 0.6 is 0 Å². The molecule has 0 saturated heterocycles. The van der Waals surface area contributed by atoms with Crippen molar-refractivity contribution in [2.75, 3.05) is 0 Å². The van der Waals surface area contributed by atoms with Crippen molar-refractivity contribution in [2.45, 2.75) is 6.92 Å². The molecule has 0 spiro atoms. The van der Waals surface area contributed by atoms with E-state index in [2.05, 4.69) is 10.7 Å². The summed E-state index contributed by atoms with van der Waals surface area (Å²) in [6, 6.07) is 0. The average molecular weight is 215 g/mol. The second-order valence-corrected chi connectivity index (χ2v) is 0.609. The summed E-state index contributed by atoms with van der Waals surface area (Å²) in [4.78, 5) is 13.1. The molecule has 3 nitrogen and oxygen atoms in total. The van der Waals surface area contributed by atoms with Crippen LogP contribution < -0.4 is 5.90 Å². The van der Waals surface area contributed by atoms with E-state index < -0.39 is 5.97 Å². The Morgan fingerprint density at radius 1 is 1.83 bits per heavy atom. The van der Waals surface area contributed by atoms with E-state index in [9.17, 15) is 4.79 Å². The molecule has 0 unspecified atom stereocenters. The maximum Gasteiger partial charge on any atom is 0.321 e. The molecule has 0 rings (SSSR count).